The first-order valence-corrected chi connectivity index (χ1v) is 3.64. The molecule has 1 N–H and O–H groups in total. The monoisotopic (exact) mass is 167 g/mol. The van der Waals surface area contributed by atoms with Crippen molar-refractivity contribution in [2.75, 3.05) is 6.61 Å². The first kappa shape index (κ1) is 8.60. The number of esters is 1. The first-order valence-electron chi connectivity index (χ1n) is 3.64. The molecule has 4 heteroatoms. The number of amides is 1. The molecule has 0 bridgehead atoms. The fraction of sp³-hybridized carbons (Fsp3) is 0.500. The highest BCUT2D eigenvalue weighted by Crippen LogP contribution is 2.04. The molecular weight excluding hydrogens is 158 g/mol. The lowest BCUT2D eigenvalue weighted by Gasteiger charge is -2.03. The number of hydrogen-bond acceptors (Lipinski definition) is 3. The highest BCUT2D eigenvalue weighted by atomic mass is 16.5. The summed E-state index contributed by atoms with van der Waals surface area (Å²) in [5.41, 5.74) is 0. The zero-order valence-corrected chi connectivity index (χ0v) is 6.72. The van der Waals surface area contributed by atoms with Gasteiger partial charge in [-0.05, 0) is 12.8 Å². The van der Waals surface area contributed by atoms with E-state index in [2.05, 4.69) is 21.9 Å². The van der Waals surface area contributed by atoms with Crippen molar-refractivity contribution >= 4 is 11.9 Å². The summed E-state index contributed by atoms with van der Waals surface area (Å²) in [5, 5.41) is 2.44. The van der Waals surface area contributed by atoms with Crippen LogP contribution >= 0.6 is 0 Å². The Balaban J connectivity index is 2.44. The molecule has 12 heavy (non-hydrogen) atoms. The fourth-order valence-corrected chi connectivity index (χ4v) is 0.935. The molecule has 0 aromatic rings. The molecule has 0 radical (unpaired) electrons. The summed E-state index contributed by atoms with van der Waals surface area (Å²) in [6.07, 6.45) is 0.538. The van der Waals surface area contributed by atoms with Gasteiger partial charge >= 0.3 is 5.97 Å². The van der Waals surface area contributed by atoms with Crippen LogP contribution in [0.25, 0.3) is 0 Å². The normalized spacial score (nSPS) is 20.8. The van der Waals surface area contributed by atoms with E-state index in [1.54, 1.807) is 6.92 Å². The summed E-state index contributed by atoms with van der Waals surface area (Å²) >= 11 is 0. The predicted octanol–water partition coefficient (Wildman–Crippen LogP) is -0.559. The van der Waals surface area contributed by atoms with Crippen LogP contribution in [0.2, 0.25) is 0 Å². The Bertz CT molecular complexity index is 261. The molecule has 1 aliphatic rings. The van der Waals surface area contributed by atoms with Gasteiger partial charge in [-0.25, -0.2) is 4.79 Å². The van der Waals surface area contributed by atoms with Crippen LogP contribution in [0.5, 0.6) is 0 Å². The van der Waals surface area contributed by atoms with Crippen LogP contribution in [-0.4, -0.2) is 24.5 Å². The molecule has 0 aromatic carbocycles. The van der Waals surface area contributed by atoms with Gasteiger partial charge in [-0.2, -0.15) is 0 Å². The average Bonchev–Trinajstić information content (AvgIpc) is 2.37. The summed E-state index contributed by atoms with van der Waals surface area (Å²) in [7, 11) is 0. The van der Waals surface area contributed by atoms with Gasteiger partial charge in [0.05, 0.1) is 6.61 Å². The van der Waals surface area contributed by atoms with E-state index in [0.29, 0.717) is 13.0 Å². The van der Waals surface area contributed by atoms with Crippen molar-refractivity contribution in [3.05, 3.63) is 0 Å². The van der Waals surface area contributed by atoms with Crippen LogP contribution < -0.4 is 5.32 Å². The maximum absolute atomic E-state index is 10.9. The van der Waals surface area contributed by atoms with Crippen molar-refractivity contribution in [2.24, 2.45) is 0 Å². The Morgan fingerprint density at radius 2 is 2.50 bits per heavy atom. The molecule has 1 saturated heterocycles. The quantitative estimate of drug-likeness (QED) is 0.421. The van der Waals surface area contributed by atoms with Gasteiger partial charge in [0.2, 0.25) is 0 Å². The lowest BCUT2D eigenvalue weighted by molar-refractivity contribution is -0.140. The van der Waals surface area contributed by atoms with Gasteiger partial charge in [-0.15, -0.1) is 0 Å². The number of cyclic esters (lactones) is 1. The van der Waals surface area contributed by atoms with E-state index < -0.39 is 11.9 Å². The van der Waals surface area contributed by atoms with Crippen LogP contribution in [0.15, 0.2) is 0 Å². The van der Waals surface area contributed by atoms with E-state index in [1.165, 1.54) is 0 Å². The maximum atomic E-state index is 10.9. The van der Waals surface area contributed by atoms with E-state index >= 15 is 0 Å². The third-order valence-corrected chi connectivity index (χ3v) is 1.48. The minimum absolute atomic E-state index is 0.374. The molecule has 0 unspecified atom stereocenters. The Morgan fingerprint density at radius 1 is 1.75 bits per heavy atom. The van der Waals surface area contributed by atoms with Gasteiger partial charge in [-0.1, -0.05) is 5.92 Å². The van der Waals surface area contributed by atoms with Crippen LogP contribution in [0.4, 0.5) is 0 Å². The molecule has 0 spiro atoms. The topological polar surface area (TPSA) is 55.4 Å². The van der Waals surface area contributed by atoms with Crippen molar-refractivity contribution in [3.8, 4) is 11.8 Å². The van der Waals surface area contributed by atoms with Crippen molar-refractivity contribution in [1.82, 2.24) is 5.32 Å². The summed E-state index contributed by atoms with van der Waals surface area (Å²) in [4.78, 5) is 21.7. The largest absolute Gasteiger partial charge is 0.464 e. The van der Waals surface area contributed by atoms with Crippen LogP contribution in [0, 0.1) is 11.8 Å². The average molecular weight is 167 g/mol. The maximum Gasteiger partial charge on any atom is 0.328 e. The molecule has 1 aliphatic heterocycles. The molecule has 0 saturated carbocycles. The number of nitrogens with one attached hydrogen (secondary N) is 1. The number of carbonyl (C=O) groups is 2. The summed E-state index contributed by atoms with van der Waals surface area (Å²) in [6.45, 7) is 1.94. The first-order chi connectivity index (χ1) is 5.74. The third kappa shape index (κ3) is 1.99. The second kappa shape index (κ2) is 3.77. The molecule has 1 fully saturated rings. The van der Waals surface area contributed by atoms with E-state index in [-0.39, 0.29) is 5.97 Å². The van der Waals surface area contributed by atoms with Crippen molar-refractivity contribution in [1.29, 1.82) is 0 Å². The summed E-state index contributed by atoms with van der Waals surface area (Å²) in [6, 6.07) is -0.502. The van der Waals surface area contributed by atoms with Crippen LogP contribution in [0.1, 0.15) is 13.3 Å². The van der Waals surface area contributed by atoms with Crippen molar-refractivity contribution in [3.63, 3.8) is 0 Å². The van der Waals surface area contributed by atoms with E-state index in [1.807, 2.05) is 0 Å². The minimum atomic E-state index is -0.502. The van der Waals surface area contributed by atoms with Gasteiger partial charge in [0, 0.05) is 6.42 Å². The Hall–Kier alpha value is -1.50. The Labute approximate surface area is 70.3 Å². The highest BCUT2D eigenvalue weighted by molar-refractivity contribution is 5.96. The van der Waals surface area contributed by atoms with Crippen molar-refractivity contribution in [2.45, 2.75) is 19.4 Å². The smallest absolute Gasteiger partial charge is 0.328 e. The molecule has 1 heterocycles. The molecule has 1 atom stereocenters. The highest BCUT2D eigenvalue weighted by Gasteiger charge is 2.27. The number of carbonyl (C=O) groups excluding carboxylic acids is 2. The van der Waals surface area contributed by atoms with Crippen LogP contribution in [0.3, 0.4) is 0 Å². The number of ether oxygens (including phenoxy) is 1. The minimum Gasteiger partial charge on any atom is -0.464 e. The van der Waals surface area contributed by atoms with E-state index in [4.69, 9.17) is 0 Å². The molecule has 1 amide bonds. The van der Waals surface area contributed by atoms with E-state index in [9.17, 15) is 9.59 Å². The molecule has 0 aromatic heterocycles. The van der Waals surface area contributed by atoms with Gasteiger partial charge in [-0.3, -0.25) is 4.79 Å². The van der Waals surface area contributed by atoms with Gasteiger partial charge in [0.25, 0.3) is 5.91 Å². The summed E-state index contributed by atoms with van der Waals surface area (Å²) in [5.74, 6) is 3.92. The standard InChI is InChI=1S/C8H9NO3/c1-2-3-7(10)9-6-4-5-12-8(6)11/h6H,4-5H2,1H3,(H,9,10)/t6-/m0/s1. The number of hydrogen-bond donors (Lipinski definition) is 1. The molecule has 64 valence electrons. The second-order valence-corrected chi connectivity index (χ2v) is 2.36. The van der Waals surface area contributed by atoms with Gasteiger partial charge in [0.1, 0.15) is 6.04 Å². The molecule has 1 rings (SSSR count). The molecule has 0 aliphatic carbocycles. The van der Waals surface area contributed by atoms with Crippen molar-refractivity contribution < 1.29 is 14.3 Å². The van der Waals surface area contributed by atoms with Gasteiger partial charge in [0.15, 0.2) is 0 Å². The summed E-state index contributed by atoms with van der Waals surface area (Å²) < 4.78 is 4.64. The van der Waals surface area contributed by atoms with E-state index in [0.717, 1.165) is 0 Å². The lowest BCUT2D eigenvalue weighted by Crippen LogP contribution is -2.37. The predicted molar refractivity (Wildman–Crippen MR) is 41.0 cm³/mol. The molecular formula is C8H9NO3. The second-order valence-electron chi connectivity index (χ2n) is 2.36. The Kier molecular flexibility index (Phi) is 2.70. The zero-order valence-electron chi connectivity index (χ0n) is 6.72. The molecule has 4 nitrogen and oxygen atoms in total. The number of rotatable bonds is 1. The van der Waals surface area contributed by atoms with Gasteiger partial charge < -0.3 is 10.1 Å². The third-order valence-electron chi connectivity index (χ3n) is 1.48. The SMILES string of the molecule is CC#CC(=O)N[C@H]1CCOC1=O. The Morgan fingerprint density at radius 3 is 3.00 bits per heavy atom. The fourth-order valence-electron chi connectivity index (χ4n) is 0.935. The van der Waals surface area contributed by atoms with Crippen LogP contribution in [-0.2, 0) is 14.3 Å². The zero-order chi connectivity index (χ0) is 8.97. The lowest BCUT2D eigenvalue weighted by atomic mass is 10.2.